The smallest absolute Gasteiger partial charge is 0.0193 e. The van der Waals surface area contributed by atoms with Crippen LogP contribution in [-0.4, -0.2) is 30.1 Å². The molecule has 3 atom stereocenters. The normalized spacial score (nSPS) is 30.9. The van der Waals surface area contributed by atoms with Crippen molar-refractivity contribution in [2.45, 2.75) is 70.9 Å². The summed E-state index contributed by atoms with van der Waals surface area (Å²) in [6.07, 6.45) is 9.91. The highest BCUT2D eigenvalue weighted by molar-refractivity contribution is 4.89. The first kappa shape index (κ1) is 13.4. The van der Waals surface area contributed by atoms with Crippen molar-refractivity contribution in [1.82, 2.24) is 4.90 Å². The van der Waals surface area contributed by atoms with Gasteiger partial charge >= 0.3 is 0 Å². The molecule has 0 aromatic heterocycles. The van der Waals surface area contributed by atoms with Crippen LogP contribution in [0.4, 0.5) is 0 Å². The van der Waals surface area contributed by atoms with E-state index in [-0.39, 0.29) is 0 Å². The van der Waals surface area contributed by atoms with Crippen molar-refractivity contribution in [2.75, 3.05) is 13.1 Å². The quantitative estimate of drug-likeness (QED) is 0.798. The summed E-state index contributed by atoms with van der Waals surface area (Å²) >= 11 is 0. The zero-order chi connectivity index (χ0) is 12.3. The van der Waals surface area contributed by atoms with Gasteiger partial charge in [-0.05, 0) is 44.1 Å². The van der Waals surface area contributed by atoms with Crippen LogP contribution in [0, 0.1) is 11.8 Å². The van der Waals surface area contributed by atoms with E-state index in [9.17, 15) is 0 Å². The van der Waals surface area contributed by atoms with E-state index in [1.54, 1.807) is 0 Å². The third-order valence-electron chi connectivity index (χ3n) is 5.18. The molecule has 2 rings (SSSR count). The van der Waals surface area contributed by atoms with Gasteiger partial charge in [0.05, 0.1) is 0 Å². The molecular weight excluding hydrogens is 208 g/mol. The molecule has 2 aliphatic rings. The molecule has 1 aliphatic carbocycles. The molecule has 1 saturated carbocycles. The molecule has 17 heavy (non-hydrogen) atoms. The van der Waals surface area contributed by atoms with Gasteiger partial charge in [0, 0.05) is 18.6 Å². The molecule has 0 bridgehead atoms. The standard InChI is InChI=1S/C15H30N2/c1-3-12(2)14(16)11-17-10-6-9-15(17)13-7-4-5-8-13/h12-15H,3-11,16H2,1-2H3. The van der Waals surface area contributed by atoms with E-state index < -0.39 is 0 Å². The molecule has 100 valence electrons. The predicted octanol–water partition coefficient (Wildman–Crippen LogP) is 3.01. The summed E-state index contributed by atoms with van der Waals surface area (Å²) in [5.74, 6) is 1.65. The molecular formula is C15H30N2. The largest absolute Gasteiger partial charge is 0.326 e. The fourth-order valence-corrected chi connectivity index (χ4v) is 3.71. The molecule has 2 fully saturated rings. The maximum Gasteiger partial charge on any atom is 0.0193 e. The SMILES string of the molecule is CCC(C)C(N)CN1CCCC1C1CCCC1. The molecule has 0 amide bonds. The van der Waals surface area contributed by atoms with Gasteiger partial charge in [0.1, 0.15) is 0 Å². The van der Waals surface area contributed by atoms with Crippen molar-refractivity contribution in [3.63, 3.8) is 0 Å². The number of likely N-dealkylation sites (tertiary alicyclic amines) is 1. The third kappa shape index (κ3) is 3.23. The number of hydrogen-bond donors (Lipinski definition) is 1. The highest BCUT2D eigenvalue weighted by Crippen LogP contribution is 2.35. The lowest BCUT2D eigenvalue weighted by atomic mass is 9.94. The first-order valence-corrected chi connectivity index (χ1v) is 7.72. The van der Waals surface area contributed by atoms with Gasteiger partial charge in [-0.2, -0.15) is 0 Å². The van der Waals surface area contributed by atoms with E-state index in [4.69, 9.17) is 5.73 Å². The lowest BCUT2D eigenvalue weighted by Gasteiger charge is -2.32. The predicted molar refractivity (Wildman–Crippen MR) is 74.0 cm³/mol. The van der Waals surface area contributed by atoms with Crippen LogP contribution in [-0.2, 0) is 0 Å². The molecule has 1 aliphatic heterocycles. The van der Waals surface area contributed by atoms with Gasteiger partial charge < -0.3 is 5.73 Å². The molecule has 0 aromatic carbocycles. The van der Waals surface area contributed by atoms with Gasteiger partial charge in [-0.25, -0.2) is 0 Å². The lowest BCUT2D eigenvalue weighted by Crippen LogP contribution is -2.45. The highest BCUT2D eigenvalue weighted by Gasteiger charge is 2.34. The van der Waals surface area contributed by atoms with E-state index in [2.05, 4.69) is 18.7 Å². The lowest BCUT2D eigenvalue weighted by molar-refractivity contribution is 0.168. The number of rotatable bonds is 5. The summed E-state index contributed by atoms with van der Waals surface area (Å²) in [5, 5.41) is 0. The summed E-state index contributed by atoms with van der Waals surface area (Å²) in [6, 6.07) is 1.25. The van der Waals surface area contributed by atoms with Crippen LogP contribution >= 0.6 is 0 Å². The van der Waals surface area contributed by atoms with Crippen LogP contribution in [0.25, 0.3) is 0 Å². The van der Waals surface area contributed by atoms with Gasteiger partial charge in [-0.1, -0.05) is 33.1 Å². The molecule has 0 aromatic rings. The molecule has 3 unspecified atom stereocenters. The van der Waals surface area contributed by atoms with E-state index in [1.165, 1.54) is 51.5 Å². The van der Waals surface area contributed by atoms with Crippen molar-refractivity contribution in [2.24, 2.45) is 17.6 Å². The Hall–Kier alpha value is -0.0800. The maximum absolute atomic E-state index is 6.33. The summed E-state index contributed by atoms with van der Waals surface area (Å²) < 4.78 is 0. The van der Waals surface area contributed by atoms with E-state index in [0.717, 1.165) is 18.5 Å². The van der Waals surface area contributed by atoms with Gasteiger partial charge in [-0.3, -0.25) is 4.90 Å². The monoisotopic (exact) mass is 238 g/mol. The second kappa shape index (κ2) is 6.19. The number of hydrogen-bond acceptors (Lipinski definition) is 2. The Bertz CT molecular complexity index is 223. The Morgan fingerprint density at radius 1 is 1.18 bits per heavy atom. The zero-order valence-electron chi connectivity index (χ0n) is 11.7. The second-order valence-electron chi connectivity index (χ2n) is 6.30. The minimum atomic E-state index is 0.377. The van der Waals surface area contributed by atoms with Crippen molar-refractivity contribution in [3.05, 3.63) is 0 Å². The van der Waals surface area contributed by atoms with Crippen LogP contribution in [0.15, 0.2) is 0 Å². The van der Waals surface area contributed by atoms with Gasteiger partial charge in [0.15, 0.2) is 0 Å². The Kier molecular flexibility index (Phi) is 4.87. The number of nitrogens with zero attached hydrogens (tertiary/aromatic N) is 1. The molecule has 2 N–H and O–H groups in total. The summed E-state index contributed by atoms with van der Waals surface area (Å²) in [4.78, 5) is 2.72. The topological polar surface area (TPSA) is 29.3 Å². The molecule has 1 heterocycles. The Balaban J connectivity index is 1.86. The molecule has 2 nitrogen and oxygen atoms in total. The van der Waals surface area contributed by atoms with Crippen molar-refractivity contribution >= 4 is 0 Å². The number of nitrogens with two attached hydrogens (primary N) is 1. The minimum Gasteiger partial charge on any atom is -0.326 e. The first-order valence-electron chi connectivity index (χ1n) is 7.72. The molecule has 0 spiro atoms. The van der Waals surface area contributed by atoms with Gasteiger partial charge in [0.2, 0.25) is 0 Å². The minimum absolute atomic E-state index is 0.377. The summed E-state index contributed by atoms with van der Waals surface area (Å²) in [6.45, 7) is 6.98. The fraction of sp³-hybridized carbons (Fsp3) is 1.00. The Morgan fingerprint density at radius 3 is 2.53 bits per heavy atom. The van der Waals surface area contributed by atoms with Crippen molar-refractivity contribution in [1.29, 1.82) is 0 Å². The van der Waals surface area contributed by atoms with Crippen LogP contribution in [0.5, 0.6) is 0 Å². The van der Waals surface area contributed by atoms with E-state index in [0.29, 0.717) is 12.0 Å². The van der Waals surface area contributed by atoms with E-state index >= 15 is 0 Å². The fourth-order valence-electron chi connectivity index (χ4n) is 3.71. The molecule has 0 radical (unpaired) electrons. The van der Waals surface area contributed by atoms with Gasteiger partial charge in [-0.15, -0.1) is 0 Å². The van der Waals surface area contributed by atoms with Crippen LogP contribution in [0.2, 0.25) is 0 Å². The van der Waals surface area contributed by atoms with Crippen molar-refractivity contribution in [3.8, 4) is 0 Å². The summed E-state index contributed by atoms with van der Waals surface area (Å²) in [5.41, 5.74) is 6.33. The Morgan fingerprint density at radius 2 is 1.88 bits per heavy atom. The van der Waals surface area contributed by atoms with Crippen molar-refractivity contribution < 1.29 is 0 Å². The maximum atomic E-state index is 6.33. The molecule has 2 heteroatoms. The average molecular weight is 238 g/mol. The molecule has 1 saturated heterocycles. The first-order chi connectivity index (χ1) is 8.22. The average Bonchev–Trinajstić information content (AvgIpc) is 2.97. The van der Waals surface area contributed by atoms with Crippen LogP contribution in [0.1, 0.15) is 58.8 Å². The van der Waals surface area contributed by atoms with Crippen LogP contribution < -0.4 is 5.73 Å². The zero-order valence-corrected chi connectivity index (χ0v) is 11.7. The third-order valence-corrected chi connectivity index (χ3v) is 5.18. The van der Waals surface area contributed by atoms with E-state index in [1.807, 2.05) is 0 Å². The highest BCUT2D eigenvalue weighted by atomic mass is 15.2. The summed E-state index contributed by atoms with van der Waals surface area (Å²) in [7, 11) is 0. The Labute approximate surface area is 107 Å². The van der Waals surface area contributed by atoms with Crippen LogP contribution in [0.3, 0.4) is 0 Å². The second-order valence-corrected chi connectivity index (χ2v) is 6.30. The van der Waals surface area contributed by atoms with Gasteiger partial charge in [0.25, 0.3) is 0 Å².